The lowest BCUT2D eigenvalue weighted by molar-refractivity contribution is 0.323. The van der Waals surface area contributed by atoms with Gasteiger partial charge in [0.05, 0.1) is 0 Å². The van der Waals surface area contributed by atoms with Crippen LogP contribution in [0.2, 0.25) is 0 Å². The number of rotatable bonds is 15. The summed E-state index contributed by atoms with van der Waals surface area (Å²) in [7, 11) is 0.716. The molecule has 266 valence electrons. The van der Waals surface area contributed by atoms with Crippen LogP contribution in [0.5, 0.6) is 0 Å². The minimum absolute atomic E-state index is 0.239. The van der Waals surface area contributed by atoms with Gasteiger partial charge in [0.15, 0.2) is 0 Å². The van der Waals surface area contributed by atoms with Crippen LogP contribution >= 0.6 is 23.8 Å². The van der Waals surface area contributed by atoms with Gasteiger partial charge in [-0.05, 0) is 129 Å². The van der Waals surface area contributed by atoms with Gasteiger partial charge in [-0.1, -0.05) is 139 Å². The van der Waals surface area contributed by atoms with Crippen LogP contribution in [0.15, 0.2) is 0 Å². The van der Waals surface area contributed by atoms with Gasteiger partial charge in [-0.25, -0.2) is 0 Å². The van der Waals surface area contributed by atoms with Crippen LogP contribution in [0.25, 0.3) is 0 Å². The smallest absolute Gasteiger partial charge is 0.00211 e. The van der Waals surface area contributed by atoms with Crippen molar-refractivity contribution in [1.29, 1.82) is 0 Å². The number of nitrogens with zero attached hydrogens (tertiary/aromatic N) is 1. The third-order valence-corrected chi connectivity index (χ3v) is 25.2. The van der Waals surface area contributed by atoms with Crippen LogP contribution in [0.4, 0.5) is 0 Å². The van der Waals surface area contributed by atoms with E-state index in [-0.39, 0.29) is 23.8 Å². The third kappa shape index (κ3) is 11.4. The lowest BCUT2D eigenvalue weighted by Gasteiger charge is -2.42. The van der Waals surface area contributed by atoms with E-state index in [1.165, 1.54) is 58.2 Å². The summed E-state index contributed by atoms with van der Waals surface area (Å²) in [6.45, 7) is 4.49. The zero-order valence-corrected chi connectivity index (χ0v) is 33.4. The molecule has 0 aromatic heterocycles. The molecule has 0 aliphatic heterocycles. The Bertz CT molecular complexity index is 626. The Morgan fingerprint density at radius 1 is 0.261 bits per heavy atom. The SMILES string of the molecule is C1CCC(P(CCN(CCP(C2CCCCC2)C2CCCCC2)CCP(C2CCCCC2)C2CCCCC2)C2CCCCC2)CC1. The molecule has 6 fully saturated rings. The van der Waals surface area contributed by atoms with Crippen molar-refractivity contribution in [1.82, 2.24) is 4.90 Å². The minimum atomic E-state index is 0.239. The molecule has 0 heterocycles. The standard InChI is InChI=1S/C42H78NP3/c1-7-19-37(20-8-1)44(38-21-9-2-10-22-38)34-31-43(32-35-45(39-23-11-3-12-24-39)40-25-13-4-14-26-40)33-36-46(41-27-15-5-16-28-41)42-29-17-6-18-30-42/h37-42H,1-36H2. The van der Waals surface area contributed by atoms with Crippen molar-refractivity contribution in [2.75, 3.05) is 38.1 Å². The van der Waals surface area contributed by atoms with Gasteiger partial charge in [0.2, 0.25) is 0 Å². The van der Waals surface area contributed by atoms with Gasteiger partial charge in [0, 0.05) is 19.6 Å². The monoisotopic (exact) mass is 690 g/mol. The zero-order chi connectivity index (χ0) is 31.2. The van der Waals surface area contributed by atoms with E-state index in [1.54, 1.807) is 173 Å². The number of hydrogen-bond acceptors (Lipinski definition) is 1. The van der Waals surface area contributed by atoms with Gasteiger partial charge >= 0.3 is 0 Å². The van der Waals surface area contributed by atoms with Crippen molar-refractivity contribution in [2.45, 2.75) is 227 Å². The Kier molecular flexibility index (Phi) is 16.9. The second-order valence-corrected chi connectivity index (χ2v) is 26.1. The van der Waals surface area contributed by atoms with E-state index in [1.807, 2.05) is 0 Å². The first kappa shape index (κ1) is 37.0. The summed E-state index contributed by atoms with van der Waals surface area (Å²) in [6, 6.07) is 0. The Morgan fingerprint density at radius 2 is 0.435 bits per heavy atom. The number of hydrogen-bond donors (Lipinski definition) is 0. The first-order valence-corrected chi connectivity index (χ1v) is 26.8. The van der Waals surface area contributed by atoms with Crippen molar-refractivity contribution in [3.63, 3.8) is 0 Å². The normalized spacial score (nSPS) is 26.6. The molecule has 4 heteroatoms. The molecule has 6 saturated carbocycles. The highest BCUT2D eigenvalue weighted by atomic mass is 31.1. The predicted octanol–water partition coefficient (Wildman–Crippen LogP) is 13.7. The molecule has 0 atom stereocenters. The largest absolute Gasteiger partial charge is 0.302 e. The summed E-state index contributed by atoms with van der Waals surface area (Å²) >= 11 is 0. The van der Waals surface area contributed by atoms with E-state index >= 15 is 0 Å². The lowest BCUT2D eigenvalue weighted by Crippen LogP contribution is -2.36. The molecular formula is C42H78NP3. The molecule has 0 radical (unpaired) electrons. The summed E-state index contributed by atoms with van der Waals surface area (Å²) in [4.78, 5) is 3.21. The van der Waals surface area contributed by atoms with E-state index in [2.05, 4.69) is 4.90 Å². The quantitative estimate of drug-likeness (QED) is 0.155. The molecule has 0 unspecified atom stereocenters. The molecule has 0 spiro atoms. The molecular weight excluding hydrogens is 611 g/mol. The van der Waals surface area contributed by atoms with Crippen LogP contribution < -0.4 is 0 Å². The van der Waals surface area contributed by atoms with E-state index in [9.17, 15) is 0 Å². The van der Waals surface area contributed by atoms with E-state index in [0.29, 0.717) is 0 Å². The van der Waals surface area contributed by atoms with Crippen LogP contribution in [0.1, 0.15) is 193 Å². The average Bonchev–Trinajstić information content (AvgIpc) is 3.14. The Hall–Kier alpha value is 1.25. The molecule has 0 aromatic carbocycles. The van der Waals surface area contributed by atoms with Gasteiger partial charge in [-0.15, -0.1) is 0 Å². The first-order valence-electron chi connectivity index (χ1n) is 21.8. The van der Waals surface area contributed by atoms with Crippen molar-refractivity contribution < 1.29 is 0 Å². The summed E-state index contributed by atoms with van der Waals surface area (Å²) in [5, 5.41) is 0. The van der Waals surface area contributed by atoms with Crippen LogP contribution in [0.3, 0.4) is 0 Å². The first-order chi connectivity index (χ1) is 22.8. The summed E-state index contributed by atoms with van der Waals surface area (Å²) in [5.74, 6) is 0. The maximum atomic E-state index is 3.21. The van der Waals surface area contributed by atoms with Crippen molar-refractivity contribution in [3.05, 3.63) is 0 Å². The second kappa shape index (κ2) is 20.9. The molecule has 0 aromatic rings. The fraction of sp³-hybridized carbons (Fsp3) is 1.00. The highest BCUT2D eigenvalue weighted by molar-refractivity contribution is 7.59. The van der Waals surface area contributed by atoms with Crippen molar-refractivity contribution >= 4 is 23.8 Å². The van der Waals surface area contributed by atoms with Gasteiger partial charge in [0.1, 0.15) is 0 Å². The van der Waals surface area contributed by atoms with Gasteiger partial charge in [-0.3, -0.25) is 0 Å². The van der Waals surface area contributed by atoms with Crippen LogP contribution in [0, 0.1) is 0 Å². The minimum Gasteiger partial charge on any atom is -0.302 e. The molecule has 6 aliphatic rings. The van der Waals surface area contributed by atoms with Gasteiger partial charge in [0.25, 0.3) is 0 Å². The van der Waals surface area contributed by atoms with E-state index < -0.39 is 0 Å². The van der Waals surface area contributed by atoms with Crippen LogP contribution in [-0.4, -0.2) is 77.0 Å². The zero-order valence-electron chi connectivity index (χ0n) is 30.7. The molecule has 1 nitrogen and oxygen atoms in total. The van der Waals surface area contributed by atoms with Crippen molar-refractivity contribution in [3.8, 4) is 0 Å². The highest BCUT2D eigenvalue weighted by Crippen LogP contribution is 2.58. The average molecular weight is 690 g/mol. The second-order valence-electron chi connectivity index (χ2n) is 17.3. The van der Waals surface area contributed by atoms with Crippen LogP contribution in [-0.2, 0) is 0 Å². The molecule has 46 heavy (non-hydrogen) atoms. The Balaban J connectivity index is 1.15. The summed E-state index contributed by atoms with van der Waals surface area (Å²) in [6.07, 6.45) is 52.0. The molecule has 6 rings (SSSR count). The highest BCUT2D eigenvalue weighted by Gasteiger charge is 2.35. The van der Waals surface area contributed by atoms with Crippen molar-refractivity contribution in [2.24, 2.45) is 0 Å². The van der Waals surface area contributed by atoms with E-state index in [0.717, 1.165) is 34.0 Å². The van der Waals surface area contributed by atoms with Gasteiger partial charge in [-0.2, -0.15) is 0 Å². The fourth-order valence-electron chi connectivity index (χ4n) is 11.6. The maximum Gasteiger partial charge on any atom is 0.00211 e. The Morgan fingerprint density at radius 3 is 0.609 bits per heavy atom. The van der Waals surface area contributed by atoms with Gasteiger partial charge < -0.3 is 4.90 Å². The summed E-state index contributed by atoms with van der Waals surface area (Å²) in [5.41, 5.74) is 6.82. The molecule has 6 aliphatic carbocycles. The van der Waals surface area contributed by atoms with E-state index in [4.69, 9.17) is 0 Å². The molecule has 0 N–H and O–H groups in total. The molecule has 0 amide bonds. The lowest BCUT2D eigenvalue weighted by atomic mass is 9.99. The maximum absolute atomic E-state index is 3.21. The fourth-order valence-corrected chi connectivity index (χ4v) is 23.3. The predicted molar refractivity (Wildman–Crippen MR) is 213 cm³/mol. The molecule has 0 saturated heterocycles. The topological polar surface area (TPSA) is 3.24 Å². The molecule has 0 bridgehead atoms. The summed E-state index contributed by atoms with van der Waals surface area (Å²) < 4.78 is 0. The third-order valence-electron chi connectivity index (χ3n) is 14.3. The Labute approximate surface area is 292 Å².